The summed E-state index contributed by atoms with van der Waals surface area (Å²) < 4.78 is 14.1. The number of halogens is 2. The summed E-state index contributed by atoms with van der Waals surface area (Å²) in [6, 6.07) is 14.0. The number of Topliss-reactive ketones (excluding diaryl/α,β-unsaturated/α-hetero) is 1. The Morgan fingerprint density at radius 2 is 1.71 bits per heavy atom. The molecule has 1 saturated carbocycles. The molecule has 0 atom stereocenters. The van der Waals surface area contributed by atoms with E-state index in [-0.39, 0.29) is 11.3 Å². The van der Waals surface area contributed by atoms with E-state index in [1.165, 1.54) is 12.1 Å². The molecule has 3 heteroatoms. The number of hydrogen-bond acceptors (Lipinski definition) is 1. The van der Waals surface area contributed by atoms with E-state index in [1.54, 1.807) is 6.07 Å². The van der Waals surface area contributed by atoms with Gasteiger partial charge in [0.15, 0.2) is 5.78 Å². The van der Waals surface area contributed by atoms with Crippen LogP contribution in [0.3, 0.4) is 0 Å². The lowest BCUT2D eigenvalue weighted by molar-refractivity contribution is 0.0882. The number of carbonyl (C=O) groups is 1. The van der Waals surface area contributed by atoms with Gasteiger partial charge in [0.1, 0.15) is 5.82 Å². The van der Waals surface area contributed by atoms with Gasteiger partial charge in [-0.25, -0.2) is 4.39 Å². The van der Waals surface area contributed by atoms with E-state index in [0.717, 1.165) is 31.2 Å². The summed E-state index contributed by atoms with van der Waals surface area (Å²) in [6.45, 7) is 0. The maximum atomic E-state index is 14.1. The fraction of sp³-hybridized carbons (Fsp3) is 0.278. The highest BCUT2D eigenvalue weighted by Gasteiger charge is 2.43. The molecule has 21 heavy (non-hydrogen) atoms. The highest BCUT2D eigenvalue weighted by Crippen LogP contribution is 2.43. The Bertz CT molecular complexity index is 660. The smallest absolute Gasteiger partial charge is 0.176 e. The van der Waals surface area contributed by atoms with E-state index in [9.17, 15) is 9.18 Å². The molecular formula is C18H16ClFO. The van der Waals surface area contributed by atoms with Crippen LogP contribution in [0.1, 0.15) is 41.6 Å². The Labute approximate surface area is 128 Å². The van der Waals surface area contributed by atoms with Gasteiger partial charge in [-0.3, -0.25) is 4.79 Å². The minimum absolute atomic E-state index is 0.125. The van der Waals surface area contributed by atoms with Crippen LogP contribution in [0, 0.1) is 5.82 Å². The monoisotopic (exact) mass is 302 g/mol. The summed E-state index contributed by atoms with van der Waals surface area (Å²) in [7, 11) is 0. The molecule has 0 heterocycles. The van der Waals surface area contributed by atoms with E-state index in [4.69, 9.17) is 11.6 Å². The molecule has 3 rings (SSSR count). The van der Waals surface area contributed by atoms with Crippen LogP contribution in [0.15, 0.2) is 48.5 Å². The third-order valence-electron chi connectivity index (χ3n) is 4.39. The number of carbonyl (C=O) groups excluding carboxylic acids is 1. The first-order valence-corrected chi connectivity index (χ1v) is 7.57. The predicted octanol–water partition coefficient (Wildman–Crippen LogP) is 5.17. The van der Waals surface area contributed by atoms with Gasteiger partial charge in [-0.2, -0.15) is 0 Å². The second-order valence-electron chi connectivity index (χ2n) is 5.61. The predicted molar refractivity (Wildman–Crippen MR) is 82.3 cm³/mol. The Hall–Kier alpha value is -1.67. The molecule has 0 radical (unpaired) electrons. The quantitative estimate of drug-likeness (QED) is 0.715. The zero-order chi connectivity index (χ0) is 14.9. The van der Waals surface area contributed by atoms with Crippen LogP contribution in [0.5, 0.6) is 0 Å². The molecule has 0 saturated heterocycles. The second kappa shape index (κ2) is 5.61. The van der Waals surface area contributed by atoms with Crippen LogP contribution in [-0.4, -0.2) is 5.78 Å². The van der Waals surface area contributed by atoms with Gasteiger partial charge < -0.3 is 0 Å². The Balaban J connectivity index is 2.08. The van der Waals surface area contributed by atoms with E-state index >= 15 is 0 Å². The molecule has 0 amide bonds. The van der Waals surface area contributed by atoms with Crippen molar-refractivity contribution in [3.63, 3.8) is 0 Å². The van der Waals surface area contributed by atoms with Gasteiger partial charge in [-0.1, -0.05) is 54.8 Å². The molecule has 0 N–H and O–H groups in total. The normalized spacial score (nSPS) is 16.9. The minimum Gasteiger partial charge on any atom is -0.293 e. The third kappa shape index (κ3) is 2.49. The zero-order valence-electron chi connectivity index (χ0n) is 11.6. The van der Waals surface area contributed by atoms with E-state index in [1.807, 2.05) is 30.3 Å². The third-order valence-corrected chi connectivity index (χ3v) is 4.63. The lowest BCUT2D eigenvalue weighted by Gasteiger charge is -2.28. The Morgan fingerprint density at radius 3 is 2.33 bits per heavy atom. The molecule has 0 bridgehead atoms. The van der Waals surface area contributed by atoms with Crippen molar-refractivity contribution in [2.75, 3.05) is 0 Å². The molecule has 0 aliphatic heterocycles. The highest BCUT2D eigenvalue weighted by molar-refractivity contribution is 6.30. The van der Waals surface area contributed by atoms with Gasteiger partial charge in [0.25, 0.3) is 0 Å². The van der Waals surface area contributed by atoms with Crippen molar-refractivity contribution >= 4 is 17.4 Å². The summed E-state index contributed by atoms with van der Waals surface area (Å²) in [5.74, 6) is -0.657. The van der Waals surface area contributed by atoms with Crippen LogP contribution in [0.25, 0.3) is 0 Å². The standard InChI is InChI=1S/C18H16ClFO/c19-14-8-9-15(16(20)12-14)17(21)18(10-4-5-11-18)13-6-2-1-3-7-13/h1-3,6-9,12H,4-5,10-11H2. The highest BCUT2D eigenvalue weighted by atomic mass is 35.5. The number of rotatable bonds is 3. The molecule has 108 valence electrons. The maximum absolute atomic E-state index is 14.1. The van der Waals surface area contributed by atoms with Crippen LogP contribution >= 0.6 is 11.6 Å². The first kappa shape index (κ1) is 14.3. The lowest BCUT2D eigenvalue weighted by atomic mass is 9.73. The zero-order valence-corrected chi connectivity index (χ0v) is 12.4. The minimum atomic E-state index is -0.587. The summed E-state index contributed by atoms with van der Waals surface area (Å²) in [6.07, 6.45) is 3.54. The van der Waals surface area contributed by atoms with Gasteiger partial charge in [0.2, 0.25) is 0 Å². The summed E-state index contributed by atoms with van der Waals surface area (Å²) in [5, 5.41) is 0.309. The molecule has 1 nitrogen and oxygen atoms in total. The Kier molecular flexibility index (Phi) is 3.81. The summed E-state index contributed by atoms with van der Waals surface area (Å²) in [4.78, 5) is 13.0. The maximum Gasteiger partial charge on any atom is 0.176 e. The Morgan fingerprint density at radius 1 is 1.05 bits per heavy atom. The van der Waals surface area contributed by atoms with Crippen LogP contribution in [0.4, 0.5) is 4.39 Å². The largest absolute Gasteiger partial charge is 0.293 e. The molecule has 1 aliphatic rings. The summed E-state index contributed by atoms with van der Waals surface area (Å²) in [5.41, 5.74) is 0.544. The second-order valence-corrected chi connectivity index (χ2v) is 6.04. The molecule has 0 unspecified atom stereocenters. The number of ketones is 1. The van der Waals surface area contributed by atoms with Crippen molar-refractivity contribution in [1.29, 1.82) is 0 Å². The average molecular weight is 303 g/mol. The van der Waals surface area contributed by atoms with Crippen molar-refractivity contribution in [1.82, 2.24) is 0 Å². The number of benzene rings is 2. The van der Waals surface area contributed by atoms with Gasteiger partial charge in [0.05, 0.1) is 11.0 Å². The van der Waals surface area contributed by atoms with Gasteiger partial charge in [0, 0.05) is 5.02 Å². The van der Waals surface area contributed by atoms with Crippen LogP contribution in [0.2, 0.25) is 5.02 Å². The average Bonchev–Trinajstić information content (AvgIpc) is 2.98. The lowest BCUT2D eigenvalue weighted by Crippen LogP contribution is -2.33. The molecular weight excluding hydrogens is 287 g/mol. The van der Waals surface area contributed by atoms with Gasteiger partial charge in [-0.05, 0) is 36.6 Å². The van der Waals surface area contributed by atoms with E-state index < -0.39 is 11.2 Å². The molecule has 2 aromatic rings. The molecule has 0 aromatic heterocycles. The first-order valence-electron chi connectivity index (χ1n) is 7.19. The van der Waals surface area contributed by atoms with E-state index in [2.05, 4.69) is 0 Å². The van der Waals surface area contributed by atoms with Crippen molar-refractivity contribution in [3.8, 4) is 0 Å². The summed E-state index contributed by atoms with van der Waals surface area (Å²) >= 11 is 5.78. The topological polar surface area (TPSA) is 17.1 Å². The SMILES string of the molecule is O=C(c1ccc(Cl)cc1F)C1(c2ccccc2)CCCC1. The molecule has 0 spiro atoms. The van der Waals surface area contributed by atoms with Crippen LogP contribution in [-0.2, 0) is 5.41 Å². The number of hydrogen-bond donors (Lipinski definition) is 0. The first-order chi connectivity index (χ1) is 10.1. The van der Waals surface area contributed by atoms with Crippen LogP contribution < -0.4 is 0 Å². The van der Waals surface area contributed by atoms with E-state index in [0.29, 0.717) is 5.02 Å². The molecule has 1 aliphatic carbocycles. The van der Waals surface area contributed by atoms with Gasteiger partial charge in [-0.15, -0.1) is 0 Å². The molecule has 1 fully saturated rings. The van der Waals surface area contributed by atoms with Crippen molar-refractivity contribution in [2.24, 2.45) is 0 Å². The van der Waals surface area contributed by atoms with Crippen molar-refractivity contribution in [3.05, 3.63) is 70.5 Å². The fourth-order valence-electron chi connectivity index (χ4n) is 3.31. The van der Waals surface area contributed by atoms with Crippen molar-refractivity contribution in [2.45, 2.75) is 31.1 Å². The molecule has 2 aromatic carbocycles. The fourth-order valence-corrected chi connectivity index (χ4v) is 3.47. The van der Waals surface area contributed by atoms with Gasteiger partial charge >= 0.3 is 0 Å². The van der Waals surface area contributed by atoms with Crippen molar-refractivity contribution < 1.29 is 9.18 Å².